The van der Waals surface area contributed by atoms with Gasteiger partial charge in [0.25, 0.3) is 5.56 Å². The van der Waals surface area contributed by atoms with Crippen molar-refractivity contribution in [1.82, 2.24) is 9.55 Å². The van der Waals surface area contributed by atoms with Crippen LogP contribution in [0.4, 0.5) is 11.4 Å². The van der Waals surface area contributed by atoms with Gasteiger partial charge >= 0.3 is 0 Å². The molecular weight excluding hydrogens is 406 g/mol. The lowest BCUT2D eigenvalue weighted by atomic mass is 9.98. The Bertz CT molecular complexity index is 1410. The van der Waals surface area contributed by atoms with Crippen LogP contribution in [0.5, 0.6) is 0 Å². The zero-order valence-corrected chi connectivity index (χ0v) is 18.7. The first-order chi connectivity index (χ1) is 16.1. The Kier molecular flexibility index (Phi) is 5.49. The predicted molar refractivity (Wildman–Crippen MR) is 135 cm³/mol. The zero-order chi connectivity index (χ0) is 22.8. The summed E-state index contributed by atoms with van der Waals surface area (Å²) in [5.74, 6) is 0.689. The highest BCUT2D eigenvalue weighted by Gasteiger charge is 2.21. The predicted octanol–water partition coefficient (Wildman–Crippen LogP) is 6.11. The maximum absolute atomic E-state index is 14.0. The lowest BCUT2D eigenvalue weighted by Crippen LogP contribution is -2.29. The van der Waals surface area contributed by atoms with E-state index in [0.717, 1.165) is 22.5 Å². The van der Waals surface area contributed by atoms with Crippen LogP contribution in [0.2, 0.25) is 0 Å². The third-order valence-electron chi connectivity index (χ3n) is 6.08. The van der Waals surface area contributed by atoms with Crippen molar-refractivity contribution in [3.63, 3.8) is 0 Å². The summed E-state index contributed by atoms with van der Waals surface area (Å²) in [6.45, 7) is 1.91. The normalized spacial score (nSPS) is 11.1. The Labute approximate surface area is 193 Å². The fraction of sp³-hybridized carbons (Fsp3) is 0.103. The van der Waals surface area contributed by atoms with Gasteiger partial charge in [0, 0.05) is 18.4 Å². The van der Waals surface area contributed by atoms with Crippen LogP contribution in [0.25, 0.3) is 10.9 Å². The third kappa shape index (κ3) is 3.92. The van der Waals surface area contributed by atoms with Gasteiger partial charge in [0.2, 0.25) is 0 Å². The Morgan fingerprint density at radius 3 is 1.85 bits per heavy atom. The van der Waals surface area contributed by atoms with Crippen molar-refractivity contribution in [3.05, 3.63) is 136 Å². The van der Waals surface area contributed by atoms with Crippen LogP contribution in [0.3, 0.4) is 0 Å². The van der Waals surface area contributed by atoms with Crippen molar-refractivity contribution in [2.45, 2.75) is 13.0 Å². The molecule has 0 spiro atoms. The number of benzene rings is 4. The molecule has 1 aromatic heterocycles. The Hall–Kier alpha value is -4.18. The highest BCUT2D eigenvalue weighted by atomic mass is 16.1. The van der Waals surface area contributed by atoms with Crippen LogP contribution in [-0.4, -0.2) is 16.6 Å². The second-order valence-electron chi connectivity index (χ2n) is 8.15. The van der Waals surface area contributed by atoms with Crippen molar-refractivity contribution in [2.24, 2.45) is 0 Å². The average molecular weight is 432 g/mol. The van der Waals surface area contributed by atoms with Crippen LogP contribution >= 0.6 is 0 Å². The Balaban J connectivity index is 1.71. The molecule has 0 bridgehead atoms. The van der Waals surface area contributed by atoms with Gasteiger partial charge in [0.15, 0.2) is 0 Å². The fourth-order valence-corrected chi connectivity index (χ4v) is 4.37. The first-order valence-electron chi connectivity index (χ1n) is 11.0. The average Bonchev–Trinajstić information content (AvgIpc) is 2.87. The van der Waals surface area contributed by atoms with E-state index in [-0.39, 0.29) is 11.6 Å². The van der Waals surface area contributed by atoms with Crippen molar-refractivity contribution in [2.75, 3.05) is 11.9 Å². The van der Waals surface area contributed by atoms with E-state index in [9.17, 15) is 4.79 Å². The van der Waals surface area contributed by atoms with Gasteiger partial charge in [-0.2, -0.15) is 0 Å². The van der Waals surface area contributed by atoms with Gasteiger partial charge in [-0.25, -0.2) is 4.98 Å². The summed E-state index contributed by atoms with van der Waals surface area (Å²) < 4.78 is 1.82. The SMILES string of the molecule is Cc1nc2ccc(N(C)c3ccccc3)cc2c(=O)n1C(c1ccccc1)c1ccccc1. The van der Waals surface area contributed by atoms with E-state index < -0.39 is 0 Å². The molecule has 0 atom stereocenters. The third-order valence-corrected chi connectivity index (χ3v) is 6.08. The van der Waals surface area contributed by atoms with Gasteiger partial charge in [-0.15, -0.1) is 0 Å². The standard InChI is InChI=1S/C29H25N3O/c1-21-30-27-19-18-25(31(2)24-16-10-5-11-17-24)20-26(27)29(33)32(21)28(22-12-6-3-7-13-22)23-14-8-4-9-15-23/h3-20,28H,1-2H3. The molecule has 0 radical (unpaired) electrons. The molecule has 4 heteroatoms. The molecular formula is C29H25N3O. The Morgan fingerprint density at radius 1 is 0.727 bits per heavy atom. The molecule has 5 rings (SSSR count). The number of hydrogen-bond donors (Lipinski definition) is 0. The molecule has 0 aliphatic heterocycles. The summed E-state index contributed by atoms with van der Waals surface area (Å²) >= 11 is 0. The van der Waals surface area contributed by atoms with Gasteiger partial charge in [-0.3, -0.25) is 9.36 Å². The van der Waals surface area contributed by atoms with Crippen molar-refractivity contribution < 1.29 is 0 Å². The minimum absolute atomic E-state index is 0.0430. The van der Waals surface area contributed by atoms with Gasteiger partial charge < -0.3 is 4.90 Å². The lowest BCUT2D eigenvalue weighted by molar-refractivity contribution is 0.620. The number of hydrogen-bond acceptors (Lipinski definition) is 3. The van der Waals surface area contributed by atoms with Gasteiger partial charge in [0.05, 0.1) is 16.9 Å². The molecule has 0 aliphatic carbocycles. The molecule has 0 amide bonds. The molecule has 0 N–H and O–H groups in total. The lowest BCUT2D eigenvalue weighted by Gasteiger charge is -2.24. The monoisotopic (exact) mass is 431 g/mol. The molecule has 4 nitrogen and oxygen atoms in total. The maximum atomic E-state index is 14.0. The van der Waals surface area contributed by atoms with Crippen LogP contribution < -0.4 is 10.5 Å². The second-order valence-corrected chi connectivity index (χ2v) is 8.15. The van der Waals surface area contributed by atoms with Crippen LogP contribution in [0.15, 0.2) is 114 Å². The quantitative estimate of drug-likeness (QED) is 0.337. The molecule has 0 fully saturated rings. The van der Waals surface area contributed by atoms with Crippen LogP contribution in [0.1, 0.15) is 23.0 Å². The first-order valence-corrected chi connectivity index (χ1v) is 11.0. The molecule has 1 heterocycles. The minimum Gasteiger partial charge on any atom is -0.345 e. The topological polar surface area (TPSA) is 38.1 Å². The summed E-state index contributed by atoms with van der Waals surface area (Å²) in [6, 6.07) is 36.0. The number of aryl methyl sites for hydroxylation is 1. The van der Waals surface area contributed by atoms with Crippen molar-refractivity contribution in [1.29, 1.82) is 0 Å². The van der Waals surface area contributed by atoms with Gasteiger partial charge in [0.1, 0.15) is 5.82 Å². The largest absolute Gasteiger partial charge is 0.345 e. The van der Waals surface area contributed by atoms with E-state index >= 15 is 0 Å². The highest BCUT2D eigenvalue weighted by Crippen LogP contribution is 2.29. The van der Waals surface area contributed by atoms with Crippen LogP contribution in [-0.2, 0) is 0 Å². The summed E-state index contributed by atoms with van der Waals surface area (Å²) in [7, 11) is 2.01. The summed E-state index contributed by atoms with van der Waals surface area (Å²) in [5, 5.41) is 0.609. The van der Waals surface area contributed by atoms with E-state index in [0.29, 0.717) is 16.7 Å². The number of rotatable bonds is 5. The molecule has 162 valence electrons. The number of aromatic nitrogens is 2. The summed E-state index contributed by atoms with van der Waals surface area (Å²) in [5.41, 5.74) is 4.76. The van der Waals surface area contributed by atoms with E-state index in [1.807, 2.05) is 91.3 Å². The number of para-hydroxylation sites is 1. The maximum Gasteiger partial charge on any atom is 0.262 e. The molecule has 0 saturated carbocycles. The molecule has 4 aromatic carbocycles. The molecule has 0 saturated heterocycles. The molecule has 0 unspecified atom stereocenters. The van der Waals surface area contributed by atoms with Gasteiger partial charge in [-0.1, -0.05) is 78.9 Å². The van der Waals surface area contributed by atoms with Crippen molar-refractivity contribution >= 4 is 22.3 Å². The van der Waals surface area contributed by atoms with Gasteiger partial charge in [-0.05, 0) is 48.4 Å². The van der Waals surface area contributed by atoms with E-state index in [4.69, 9.17) is 4.98 Å². The molecule has 5 aromatic rings. The fourth-order valence-electron chi connectivity index (χ4n) is 4.37. The smallest absolute Gasteiger partial charge is 0.262 e. The minimum atomic E-state index is -0.257. The van der Waals surface area contributed by atoms with Crippen molar-refractivity contribution in [3.8, 4) is 0 Å². The number of anilines is 2. The molecule has 0 aliphatic rings. The molecule has 33 heavy (non-hydrogen) atoms. The van der Waals surface area contributed by atoms with Crippen LogP contribution in [0, 0.1) is 6.92 Å². The highest BCUT2D eigenvalue weighted by molar-refractivity contribution is 5.83. The Morgan fingerprint density at radius 2 is 1.27 bits per heavy atom. The van der Waals surface area contributed by atoms with E-state index in [1.165, 1.54) is 0 Å². The zero-order valence-electron chi connectivity index (χ0n) is 18.7. The first kappa shape index (κ1) is 20.7. The van der Waals surface area contributed by atoms with E-state index in [2.05, 4.69) is 41.3 Å². The summed E-state index contributed by atoms with van der Waals surface area (Å²) in [4.78, 5) is 20.9. The summed E-state index contributed by atoms with van der Waals surface area (Å²) in [6.07, 6.45) is 0. The second kappa shape index (κ2) is 8.75. The number of fused-ring (bicyclic) bond motifs is 1. The number of nitrogens with zero attached hydrogens (tertiary/aromatic N) is 3. The van der Waals surface area contributed by atoms with E-state index in [1.54, 1.807) is 0 Å².